The van der Waals surface area contributed by atoms with Crippen LogP contribution in [0, 0.1) is 29.6 Å². The van der Waals surface area contributed by atoms with Gasteiger partial charge in [-0.1, -0.05) is 167 Å². The molecular weight excluding hydrogens is 1320 g/mol. The van der Waals surface area contributed by atoms with Gasteiger partial charge in [-0.25, -0.2) is 0 Å². The van der Waals surface area contributed by atoms with Crippen LogP contribution >= 0.6 is 0 Å². The zero-order valence-electron chi connectivity index (χ0n) is 64.9. The highest BCUT2D eigenvalue weighted by atomic mass is 16.3. The number of aliphatic hydroxyl groups excluding tert-OH is 3. The number of carbonyl (C=O) groups excluding carboxylic acids is 10. The van der Waals surface area contributed by atoms with Crippen LogP contribution in [0.2, 0.25) is 0 Å². The number of rotatable bonds is 19. The molecule has 2 aliphatic rings. The summed E-state index contributed by atoms with van der Waals surface area (Å²) in [6.45, 7) is 20.0. The number of aliphatic hydroxyl groups is 3. The molecule has 104 heavy (non-hydrogen) atoms. The summed E-state index contributed by atoms with van der Waals surface area (Å²) in [4.78, 5) is 160. The third-order valence-corrected chi connectivity index (χ3v) is 20.5. The number of nitrogens with zero attached hydrogens (tertiary/aromatic N) is 7. The van der Waals surface area contributed by atoms with Crippen molar-refractivity contribution in [1.82, 2.24) is 60.9 Å². The number of carbonyl (C=O) groups is 10. The van der Waals surface area contributed by atoms with Gasteiger partial charge in [0.25, 0.3) is 0 Å². The summed E-state index contributed by atoms with van der Waals surface area (Å²) in [7, 11) is 8.96. The van der Waals surface area contributed by atoms with Crippen molar-refractivity contribution in [2.45, 2.75) is 232 Å². The van der Waals surface area contributed by atoms with Gasteiger partial charge in [0.15, 0.2) is 0 Å². The van der Waals surface area contributed by atoms with Crippen molar-refractivity contribution in [2.24, 2.45) is 29.6 Å². The summed E-state index contributed by atoms with van der Waals surface area (Å²) in [5.74, 6) is -6.98. The number of likely N-dealkylation sites (tertiary alicyclic amines) is 1. The minimum absolute atomic E-state index is 0.0298. The Balaban J connectivity index is 1.73. The van der Waals surface area contributed by atoms with Gasteiger partial charge in [0.1, 0.15) is 60.5 Å². The Labute approximate surface area is 618 Å². The van der Waals surface area contributed by atoms with Crippen LogP contribution in [0.4, 0.5) is 0 Å². The lowest BCUT2D eigenvalue weighted by atomic mass is 9.92. The molecule has 2 fully saturated rings. The first-order chi connectivity index (χ1) is 49.0. The molecule has 14 atom stereocenters. The Morgan fingerprint density at radius 3 is 1.47 bits per heavy atom. The van der Waals surface area contributed by atoms with Crippen molar-refractivity contribution in [3.05, 3.63) is 108 Å². The van der Waals surface area contributed by atoms with E-state index in [1.807, 2.05) is 106 Å². The molecule has 9 amide bonds. The van der Waals surface area contributed by atoms with E-state index in [0.29, 0.717) is 49.8 Å². The first-order valence-electron chi connectivity index (χ1n) is 37.4. The highest BCUT2D eigenvalue weighted by Crippen LogP contribution is 2.26. The standard InChI is InChI=1S/C79H124N12O13/c1-18-54(10)69-78(104)90(17)66(45-58-35-27-21-28-36-58)77(103)89(16)63(42-53(8)9)70(96)82-61(76(102)91-37-29-22-30-38-91)46-67(94)80-59(39-50(2)3)74(100)87(14)64(43-56-31-23-19-24-32-56)71(97)81-60(40-51(4)5)75(101)88(15)65(44-57-33-25-20-26-34-57)73(99)84-79(49-92,55(11)93)48-85(12)47-68(95)86(13)62(41-52(6)7)72(98)83-69/h19-21,23-28,31-36,49-55,59-67,69,77,80,93-94,103H,18,22,29-30,37-48H2,1-17H3,(H,81,97)(H,82,96)(H,83,98)(H,84,99)/t54-,55+,59+,60-,61-,62-,63-,64-,65-,66-,67?,69-,77?,79+/m0/s1. The summed E-state index contributed by atoms with van der Waals surface area (Å²) < 4.78 is 0. The van der Waals surface area contributed by atoms with Gasteiger partial charge in [0.2, 0.25) is 53.2 Å². The first-order valence-corrected chi connectivity index (χ1v) is 37.4. The summed E-state index contributed by atoms with van der Waals surface area (Å²) in [6.07, 6.45) is -1.62. The van der Waals surface area contributed by atoms with Crippen molar-refractivity contribution in [3.63, 3.8) is 0 Å². The smallest absolute Gasteiger partial charge is 0.245 e. The fourth-order valence-corrected chi connectivity index (χ4v) is 13.9. The molecule has 0 bridgehead atoms. The van der Waals surface area contributed by atoms with Gasteiger partial charge < -0.3 is 65.9 Å². The maximum Gasteiger partial charge on any atom is 0.245 e. The van der Waals surface area contributed by atoms with Crippen LogP contribution in [-0.2, 0) is 67.2 Å². The number of hydrogen-bond acceptors (Lipinski definition) is 16. The molecule has 8 N–H and O–H groups in total. The lowest BCUT2D eigenvalue weighted by molar-refractivity contribution is -0.149. The summed E-state index contributed by atoms with van der Waals surface area (Å²) in [5, 5.41) is 51.8. The molecule has 0 saturated carbocycles. The molecule has 0 radical (unpaired) electrons. The molecule has 0 aliphatic carbocycles. The molecule has 5 rings (SSSR count). The minimum Gasteiger partial charge on any atom is -0.390 e. The molecular formula is C79H124N12O13. The maximum absolute atomic E-state index is 15.5. The maximum atomic E-state index is 15.5. The van der Waals surface area contributed by atoms with Crippen LogP contribution < -0.4 is 26.6 Å². The predicted octanol–water partition coefficient (Wildman–Crippen LogP) is 4.39. The van der Waals surface area contributed by atoms with Crippen molar-refractivity contribution in [3.8, 4) is 0 Å². The fourth-order valence-electron chi connectivity index (χ4n) is 13.9. The quantitative estimate of drug-likeness (QED) is 0.0772. The van der Waals surface area contributed by atoms with E-state index in [9.17, 15) is 29.7 Å². The first kappa shape index (κ1) is 87.0. The van der Waals surface area contributed by atoms with Gasteiger partial charge in [-0.15, -0.1) is 0 Å². The molecule has 25 heteroatoms. The normalized spacial score (nSPS) is 27.2. The van der Waals surface area contributed by atoms with Crippen LogP contribution in [0.1, 0.15) is 151 Å². The Morgan fingerprint density at radius 2 is 0.990 bits per heavy atom. The third kappa shape index (κ3) is 25.0. The van der Waals surface area contributed by atoms with Crippen LogP contribution in [-0.4, -0.2) is 256 Å². The van der Waals surface area contributed by atoms with Crippen molar-refractivity contribution >= 4 is 59.5 Å². The van der Waals surface area contributed by atoms with E-state index in [4.69, 9.17) is 0 Å². The van der Waals surface area contributed by atoms with Gasteiger partial charge in [0, 0.05) is 67.1 Å². The number of amides is 9. The zero-order valence-corrected chi connectivity index (χ0v) is 64.9. The molecule has 0 aromatic heterocycles. The Morgan fingerprint density at radius 1 is 0.538 bits per heavy atom. The van der Waals surface area contributed by atoms with Gasteiger partial charge in [0.05, 0.1) is 30.8 Å². The molecule has 2 unspecified atom stereocenters. The predicted molar refractivity (Wildman–Crippen MR) is 401 cm³/mol. The van der Waals surface area contributed by atoms with Crippen LogP contribution in [0.25, 0.3) is 0 Å². The van der Waals surface area contributed by atoms with E-state index in [1.54, 1.807) is 66.5 Å². The SMILES string of the molecule is CC[C@H](C)[C@@H]1NC(=O)[C@H](CC(C)C)N(C)C(=O)CN(C)C[C@@](C=O)([C@@H](C)O)NC(=O)[C@H](Cc2ccccc2)N(C)C(=O)[C@H](CC(C)C)NC(=O)[C@H](Cc2ccccc2)N(C)C(=O)[C@@H](CC(C)C)NC(O)C[C@@H](C(=O)N2CCCCC2)NC(=O)[C@H](CC(C)C)N(C)C(O)[C@H](Cc2ccccc2)N(C)C1=O. The van der Waals surface area contributed by atoms with Gasteiger partial charge in [-0.3, -0.25) is 58.3 Å². The van der Waals surface area contributed by atoms with Crippen molar-refractivity contribution in [1.29, 1.82) is 0 Å². The largest absolute Gasteiger partial charge is 0.390 e. The van der Waals surface area contributed by atoms with Crippen LogP contribution in [0.3, 0.4) is 0 Å². The molecule has 3 aromatic carbocycles. The summed E-state index contributed by atoms with van der Waals surface area (Å²) in [6, 6.07) is 15.9. The number of benzene rings is 3. The van der Waals surface area contributed by atoms with Gasteiger partial charge >= 0.3 is 0 Å². The lowest BCUT2D eigenvalue weighted by Gasteiger charge is -2.42. The van der Waals surface area contributed by atoms with E-state index in [0.717, 1.165) is 12.0 Å². The highest BCUT2D eigenvalue weighted by Gasteiger charge is 2.46. The van der Waals surface area contributed by atoms with E-state index in [2.05, 4.69) is 26.6 Å². The number of nitrogens with one attached hydrogen (secondary N) is 5. The molecule has 2 aliphatic heterocycles. The average molecular weight is 1450 g/mol. The second kappa shape index (κ2) is 41.3. The summed E-state index contributed by atoms with van der Waals surface area (Å²) >= 11 is 0. The molecule has 3 aromatic rings. The molecule has 578 valence electrons. The Bertz CT molecular complexity index is 3250. The number of aldehydes is 1. The zero-order chi connectivity index (χ0) is 77.4. The molecule has 2 saturated heterocycles. The van der Waals surface area contributed by atoms with E-state index in [-0.39, 0.29) is 68.6 Å². The van der Waals surface area contributed by atoms with Gasteiger partial charge in [-0.2, -0.15) is 0 Å². The van der Waals surface area contributed by atoms with E-state index in [1.165, 1.54) is 71.6 Å². The molecule has 0 spiro atoms. The second-order valence-electron chi connectivity index (χ2n) is 31.0. The van der Waals surface area contributed by atoms with Crippen molar-refractivity contribution < 1.29 is 63.3 Å². The van der Waals surface area contributed by atoms with Crippen molar-refractivity contribution in [2.75, 3.05) is 68.5 Å². The lowest BCUT2D eigenvalue weighted by Crippen LogP contribution is -2.66. The Hall–Kier alpha value is -7.68. The highest BCUT2D eigenvalue weighted by molar-refractivity contribution is 5.96. The fraction of sp³-hybridized carbons (Fsp3) is 0.646. The summed E-state index contributed by atoms with van der Waals surface area (Å²) in [5.41, 5.74) is -0.0678. The molecule has 25 nitrogen and oxygen atoms in total. The Kier molecular flexibility index (Phi) is 34.5. The monoisotopic (exact) mass is 1450 g/mol. The second-order valence-corrected chi connectivity index (χ2v) is 31.0. The number of piperidine rings is 1. The number of hydrogen-bond donors (Lipinski definition) is 8. The van der Waals surface area contributed by atoms with Gasteiger partial charge in [-0.05, 0) is 119 Å². The topological polar surface area (TPSA) is 314 Å². The van der Waals surface area contributed by atoms with E-state index >= 15 is 33.6 Å². The van der Waals surface area contributed by atoms with E-state index < -0.39 is 157 Å². The van der Waals surface area contributed by atoms with Crippen LogP contribution in [0.5, 0.6) is 0 Å². The number of likely N-dealkylation sites (N-methyl/N-ethyl adjacent to an activating group) is 6. The minimum atomic E-state index is -2.11. The molecule has 2 heterocycles. The van der Waals surface area contributed by atoms with Crippen LogP contribution in [0.15, 0.2) is 91.0 Å². The third-order valence-electron chi connectivity index (χ3n) is 20.5. The average Bonchev–Trinajstić information content (AvgIpc) is 0.796.